The Morgan fingerprint density at radius 3 is 2.86 bits per heavy atom. The molecule has 1 unspecified atom stereocenters. The molecule has 0 aliphatic carbocycles. The fourth-order valence-electron chi connectivity index (χ4n) is 2.54. The number of halogens is 1. The Labute approximate surface area is 129 Å². The summed E-state index contributed by atoms with van der Waals surface area (Å²) in [6.07, 6.45) is -0.985. The molecule has 1 aliphatic rings. The molecule has 21 heavy (non-hydrogen) atoms. The summed E-state index contributed by atoms with van der Waals surface area (Å²) in [5.74, 6) is 0.791. The third-order valence-electron chi connectivity index (χ3n) is 3.66. The molecule has 1 N–H and O–H groups in total. The lowest BCUT2D eigenvalue weighted by Crippen LogP contribution is -2.48. The van der Waals surface area contributed by atoms with Gasteiger partial charge in [-0.25, -0.2) is 12.8 Å². The van der Waals surface area contributed by atoms with Crippen molar-refractivity contribution in [1.82, 2.24) is 0 Å². The van der Waals surface area contributed by atoms with E-state index >= 15 is 0 Å². The Kier molecular flexibility index (Phi) is 5.16. The summed E-state index contributed by atoms with van der Waals surface area (Å²) < 4.78 is 38.6. The Morgan fingerprint density at radius 1 is 1.52 bits per heavy atom. The second-order valence-electron chi connectivity index (χ2n) is 5.02. The third kappa shape index (κ3) is 3.35. The number of rotatable bonds is 4. The van der Waals surface area contributed by atoms with E-state index < -0.39 is 27.1 Å². The lowest BCUT2D eigenvalue weighted by molar-refractivity contribution is 0.194. The topological polar surface area (TPSA) is 57.6 Å². The Bertz CT molecular complexity index is 604. The van der Waals surface area contributed by atoms with Gasteiger partial charge < -0.3 is 10.0 Å². The van der Waals surface area contributed by atoms with Crippen LogP contribution < -0.4 is 4.90 Å². The van der Waals surface area contributed by atoms with E-state index in [0.29, 0.717) is 18.0 Å². The number of thioether (sulfide) groups is 1. The van der Waals surface area contributed by atoms with E-state index in [1.807, 2.05) is 0 Å². The van der Waals surface area contributed by atoms with Gasteiger partial charge in [-0.3, -0.25) is 0 Å². The maximum atomic E-state index is 14.0. The average molecular weight is 333 g/mol. The minimum atomic E-state index is -3.27. The lowest BCUT2D eigenvalue weighted by Gasteiger charge is -2.38. The number of anilines is 1. The van der Waals surface area contributed by atoms with Crippen LogP contribution in [0.4, 0.5) is 10.1 Å². The molecule has 2 atom stereocenters. The van der Waals surface area contributed by atoms with Gasteiger partial charge in [-0.1, -0.05) is 13.0 Å². The first-order valence-electron chi connectivity index (χ1n) is 6.91. The van der Waals surface area contributed by atoms with Crippen LogP contribution in [-0.4, -0.2) is 42.7 Å². The second-order valence-corrected chi connectivity index (χ2v) is 8.62. The van der Waals surface area contributed by atoms with Gasteiger partial charge in [0.1, 0.15) is 11.2 Å². The zero-order valence-corrected chi connectivity index (χ0v) is 13.8. The first-order valence-corrected chi connectivity index (χ1v) is 9.78. The summed E-state index contributed by atoms with van der Waals surface area (Å²) in [6, 6.07) is 4.51. The number of hydrogen-bond donors (Lipinski definition) is 1. The van der Waals surface area contributed by atoms with Crippen LogP contribution in [0.2, 0.25) is 0 Å². The van der Waals surface area contributed by atoms with Crippen molar-refractivity contribution in [3.63, 3.8) is 0 Å². The first-order chi connectivity index (χ1) is 9.88. The van der Waals surface area contributed by atoms with E-state index in [9.17, 15) is 17.9 Å². The van der Waals surface area contributed by atoms with Gasteiger partial charge in [0, 0.05) is 35.1 Å². The van der Waals surface area contributed by atoms with Gasteiger partial charge in [0.2, 0.25) is 0 Å². The quantitative estimate of drug-likeness (QED) is 0.915. The maximum Gasteiger partial charge on any atom is 0.171 e. The van der Waals surface area contributed by atoms with Crippen molar-refractivity contribution in [2.45, 2.75) is 25.3 Å². The zero-order valence-electron chi connectivity index (χ0n) is 12.1. The summed E-state index contributed by atoms with van der Waals surface area (Å²) in [5, 5.41) is 9.17. The molecular formula is C14H20FNO3S2. The number of sulfone groups is 1. The van der Waals surface area contributed by atoms with E-state index in [0.717, 1.165) is 5.75 Å². The molecular weight excluding hydrogens is 313 g/mol. The first kappa shape index (κ1) is 16.6. The highest BCUT2D eigenvalue weighted by atomic mass is 32.2. The lowest BCUT2D eigenvalue weighted by atomic mass is 10.1. The van der Waals surface area contributed by atoms with Crippen molar-refractivity contribution in [1.29, 1.82) is 0 Å². The van der Waals surface area contributed by atoms with Gasteiger partial charge >= 0.3 is 0 Å². The van der Waals surface area contributed by atoms with Crippen molar-refractivity contribution >= 4 is 27.3 Å². The molecule has 0 spiro atoms. The van der Waals surface area contributed by atoms with Crippen LogP contribution in [-0.2, 0) is 9.84 Å². The number of aliphatic hydroxyl groups excluding tert-OH is 1. The smallest absolute Gasteiger partial charge is 0.171 e. The van der Waals surface area contributed by atoms with Crippen LogP contribution in [0.15, 0.2) is 18.2 Å². The molecule has 1 aromatic rings. The molecule has 1 aliphatic heterocycles. The van der Waals surface area contributed by atoms with Crippen molar-refractivity contribution in [2.75, 3.05) is 28.7 Å². The third-order valence-corrected chi connectivity index (χ3v) is 6.95. The van der Waals surface area contributed by atoms with E-state index in [1.54, 1.807) is 35.7 Å². The molecule has 0 bridgehead atoms. The van der Waals surface area contributed by atoms with Gasteiger partial charge in [0.25, 0.3) is 0 Å². The van der Waals surface area contributed by atoms with Gasteiger partial charge in [-0.05, 0) is 19.1 Å². The molecule has 1 heterocycles. The molecule has 2 rings (SSSR count). The summed E-state index contributed by atoms with van der Waals surface area (Å²) in [7, 11) is -3.27. The highest BCUT2D eigenvalue weighted by Crippen LogP contribution is 2.34. The number of aliphatic hydroxyl groups is 1. The van der Waals surface area contributed by atoms with Crippen molar-refractivity contribution in [3.05, 3.63) is 29.6 Å². The minimum Gasteiger partial charge on any atom is -0.389 e. The van der Waals surface area contributed by atoms with E-state index in [4.69, 9.17) is 0 Å². The Hall–Kier alpha value is -0.790. The molecule has 0 aromatic heterocycles. The summed E-state index contributed by atoms with van der Waals surface area (Å²) in [5.41, 5.74) is 0.646. The minimum absolute atomic E-state index is 0.0497. The highest BCUT2D eigenvalue weighted by molar-refractivity contribution is 8.01. The van der Waals surface area contributed by atoms with Crippen molar-refractivity contribution in [3.8, 4) is 0 Å². The zero-order chi connectivity index (χ0) is 15.6. The Morgan fingerprint density at radius 2 is 2.24 bits per heavy atom. The summed E-state index contributed by atoms with van der Waals surface area (Å²) in [4.78, 5) is 1.72. The fourth-order valence-corrected chi connectivity index (χ4v) is 5.52. The molecule has 0 radical (unpaired) electrons. The van der Waals surface area contributed by atoms with Gasteiger partial charge in [-0.2, -0.15) is 11.8 Å². The maximum absolute atomic E-state index is 14.0. The van der Waals surface area contributed by atoms with Gasteiger partial charge in [-0.15, -0.1) is 0 Å². The molecule has 1 fully saturated rings. The van der Waals surface area contributed by atoms with Crippen LogP contribution in [0.1, 0.15) is 25.5 Å². The van der Waals surface area contributed by atoms with Crippen molar-refractivity contribution in [2.24, 2.45) is 0 Å². The SMILES string of the molecule is CCS(=O)(=O)C1CSCCN1c1cccc(F)c1[C@@H](C)O. The average Bonchev–Trinajstić information content (AvgIpc) is 2.46. The monoisotopic (exact) mass is 333 g/mol. The van der Waals surface area contributed by atoms with Crippen LogP contribution in [0.25, 0.3) is 0 Å². The normalized spacial score (nSPS) is 21.3. The molecule has 7 heteroatoms. The standard InChI is InChI=1S/C14H20FNO3S2/c1-3-21(18,19)13-9-20-8-7-16(13)12-6-4-5-11(15)14(12)10(2)17/h4-6,10,13,17H,3,7-9H2,1-2H3/t10-,13?/m1/s1. The predicted octanol–water partition coefficient (Wildman–Crippen LogP) is 2.19. The molecule has 0 saturated carbocycles. The van der Waals surface area contributed by atoms with E-state index in [-0.39, 0.29) is 11.3 Å². The number of nitrogens with zero attached hydrogens (tertiary/aromatic N) is 1. The second kappa shape index (κ2) is 6.54. The Balaban J connectivity index is 2.50. The number of hydrogen-bond acceptors (Lipinski definition) is 5. The van der Waals surface area contributed by atoms with Crippen molar-refractivity contribution < 1.29 is 17.9 Å². The van der Waals surface area contributed by atoms with Gasteiger partial charge in [0.15, 0.2) is 9.84 Å². The molecule has 118 valence electrons. The van der Waals surface area contributed by atoms with Crippen LogP contribution in [0, 0.1) is 5.82 Å². The molecule has 1 aromatic carbocycles. The van der Waals surface area contributed by atoms with Gasteiger partial charge in [0.05, 0.1) is 6.10 Å². The summed E-state index contributed by atoms with van der Waals surface area (Å²) in [6.45, 7) is 3.63. The largest absolute Gasteiger partial charge is 0.389 e. The predicted molar refractivity (Wildman–Crippen MR) is 85.0 cm³/mol. The fraction of sp³-hybridized carbons (Fsp3) is 0.571. The van der Waals surface area contributed by atoms with Crippen LogP contribution in [0.5, 0.6) is 0 Å². The molecule has 1 saturated heterocycles. The number of benzene rings is 1. The molecule has 0 amide bonds. The van der Waals surface area contributed by atoms with E-state index in [2.05, 4.69) is 0 Å². The van der Waals surface area contributed by atoms with E-state index in [1.165, 1.54) is 13.0 Å². The highest BCUT2D eigenvalue weighted by Gasteiger charge is 2.34. The van der Waals surface area contributed by atoms with Crippen LogP contribution >= 0.6 is 11.8 Å². The van der Waals surface area contributed by atoms with Crippen LogP contribution in [0.3, 0.4) is 0 Å². The molecule has 4 nitrogen and oxygen atoms in total. The summed E-state index contributed by atoms with van der Waals surface area (Å²) >= 11 is 1.59.